The van der Waals surface area contributed by atoms with Gasteiger partial charge in [0, 0.05) is 54.5 Å². The summed E-state index contributed by atoms with van der Waals surface area (Å²) in [7, 11) is 0. The van der Waals surface area contributed by atoms with Gasteiger partial charge in [0.05, 0.1) is 23.7 Å². The molecule has 2 N–H and O–H groups in total. The van der Waals surface area contributed by atoms with Crippen molar-refractivity contribution in [3.8, 4) is 29.0 Å². The van der Waals surface area contributed by atoms with Crippen molar-refractivity contribution in [3.63, 3.8) is 0 Å². The molecule has 222 valence electrons. The lowest BCUT2D eigenvalue weighted by atomic mass is 10.0. The molecule has 2 aromatic carbocycles. The summed E-state index contributed by atoms with van der Waals surface area (Å²) in [4.78, 5) is 28.2. The van der Waals surface area contributed by atoms with Crippen LogP contribution in [0.25, 0.3) is 22.0 Å². The number of fused-ring (bicyclic) bond motifs is 1. The van der Waals surface area contributed by atoms with E-state index < -0.39 is 5.60 Å². The topological polar surface area (TPSA) is 125 Å². The van der Waals surface area contributed by atoms with Crippen LogP contribution in [0.15, 0.2) is 60.9 Å². The minimum Gasteiger partial charge on any atom is -0.444 e. The molecule has 1 saturated heterocycles. The molecule has 4 aromatic rings. The molecule has 1 aliphatic rings. The molecule has 1 aliphatic heterocycles. The number of rotatable bonds is 8. The Morgan fingerprint density at radius 1 is 1.09 bits per heavy atom. The van der Waals surface area contributed by atoms with Gasteiger partial charge in [0.15, 0.2) is 0 Å². The Balaban J connectivity index is 1.37. The van der Waals surface area contributed by atoms with Crippen LogP contribution in [-0.4, -0.2) is 57.2 Å². The molecule has 1 unspecified atom stereocenters. The highest BCUT2D eigenvalue weighted by atomic mass is 16.6. The lowest BCUT2D eigenvalue weighted by molar-refractivity contribution is 0.0206. The van der Waals surface area contributed by atoms with Gasteiger partial charge in [-0.1, -0.05) is 24.3 Å². The molecule has 2 aromatic heterocycles. The number of amides is 1. The van der Waals surface area contributed by atoms with E-state index in [9.17, 15) is 4.79 Å². The van der Waals surface area contributed by atoms with Gasteiger partial charge in [0.2, 0.25) is 11.8 Å². The number of nitrogens with one attached hydrogen (secondary N) is 2. The monoisotopic (exact) mass is 579 g/mol. The van der Waals surface area contributed by atoms with Gasteiger partial charge in [0.25, 0.3) is 0 Å². The minimum atomic E-state index is -0.541. The number of piperidine rings is 1. The number of anilines is 2. The third-order valence-corrected chi connectivity index (χ3v) is 7.07. The lowest BCUT2D eigenvalue weighted by Gasteiger charge is -2.34. The van der Waals surface area contributed by atoms with Crippen molar-refractivity contribution in [2.24, 2.45) is 0 Å². The molecule has 0 saturated carbocycles. The van der Waals surface area contributed by atoms with Gasteiger partial charge in [-0.25, -0.2) is 19.7 Å². The normalized spacial score (nSPS) is 15.0. The fourth-order valence-electron chi connectivity index (χ4n) is 5.09. The molecule has 1 amide bonds. The number of nitriles is 1. The van der Waals surface area contributed by atoms with E-state index in [-0.39, 0.29) is 12.1 Å². The van der Waals surface area contributed by atoms with Crippen LogP contribution in [0.4, 0.5) is 16.4 Å². The molecule has 1 fully saturated rings. The van der Waals surface area contributed by atoms with Gasteiger partial charge in [-0.05, 0) is 70.4 Å². The van der Waals surface area contributed by atoms with Crippen LogP contribution in [0.5, 0.6) is 11.6 Å². The maximum Gasteiger partial charge on any atom is 0.410 e. The molecule has 10 heteroatoms. The SMILES string of the molecule is Cc1ccc2c(NCCC#N)cccc2c1Oc1ncccc1-c1ccnc(NC2CCCN(C(=O)OC(C)(C)C)C2)n1. The summed E-state index contributed by atoms with van der Waals surface area (Å²) >= 11 is 0. The molecule has 43 heavy (non-hydrogen) atoms. The van der Waals surface area contributed by atoms with Crippen molar-refractivity contribution in [1.29, 1.82) is 5.26 Å². The summed E-state index contributed by atoms with van der Waals surface area (Å²) in [6.45, 7) is 9.35. The maximum absolute atomic E-state index is 12.6. The van der Waals surface area contributed by atoms with Gasteiger partial charge in [-0.15, -0.1) is 0 Å². The van der Waals surface area contributed by atoms with E-state index in [4.69, 9.17) is 19.7 Å². The first-order valence-corrected chi connectivity index (χ1v) is 14.6. The summed E-state index contributed by atoms with van der Waals surface area (Å²) < 4.78 is 12.1. The van der Waals surface area contributed by atoms with Crippen molar-refractivity contribution >= 4 is 28.5 Å². The zero-order chi connectivity index (χ0) is 30.4. The van der Waals surface area contributed by atoms with Crippen molar-refractivity contribution in [3.05, 3.63) is 66.5 Å². The standard InChI is InChI=1S/C33H37N7O3/c1-22-13-14-24-25(10-5-12-27(24)35-18-8-16-34)29(22)42-30-26(11-6-17-36-30)28-15-19-37-31(39-28)38-23-9-7-20-40(21-23)32(41)43-33(2,3)4/h5-6,10-15,17,19,23,35H,7-9,18,20-21H2,1-4H3,(H,37,38,39). The Morgan fingerprint density at radius 2 is 1.95 bits per heavy atom. The number of nitrogens with zero attached hydrogens (tertiary/aromatic N) is 5. The van der Waals surface area contributed by atoms with Crippen LogP contribution in [0.1, 0.15) is 45.6 Å². The van der Waals surface area contributed by atoms with Crippen LogP contribution in [0.2, 0.25) is 0 Å². The Kier molecular flexibility index (Phi) is 8.90. The van der Waals surface area contributed by atoms with Crippen molar-refractivity contribution < 1.29 is 14.3 Å². The van der Waals surface area contributed by atoms with Gasteiger partial charge < -0.3 is 25.0 Å². The predicted octanol–water partition coefficient (Wildman–Crippen LogP) is 6.93. The van der Waals surface area contributed by atoms with Crippen LogP contribution in [0, 0.1) is 18.3 Å². The molecule has 3 heterocycles. The van der Waals surface area contributed by atoms with E-state index in [1.807, 2.05) is 70.2 Å². The average Bonchev–Trinajstić information content (AvgIpc) is 2.98. The molecule has 0 spiro atoms. The quantitative estimate of drug-likeness (QED) is 0.214. The molecule has 0 radical (unpaired) electrons. The summed E-state index contributed by atoms with van der Waals surface area (Å²) in [6.07, 6.45) is 5.26. The number of carbonyl (C=O) groups is 1. The van der Waals surface area contributed by atoms with Gasteiger partial charge >= 0.3 is 6.09 Å². The van der Waals surface area contributed by atoms with Crippen molar-refractivity contribution in [2.45, 2.75) is 58.6 Å². The van der Waals surface area contributed by atoms with Crippen LogP contribution < -0.4 is 15.4 Å². The average molecular weight is 580 g/mol. The van der Waals surface area contributed by atoms with Crippen molar-refractivity contribution in [1.82, 2.24) is 19.9 Å². The number of aromatic nitrogens is 3. The smallest absolute Gasteiger partial charge is 0.410 e. The number of benzene rings is 2. The van der Waals surface area contributed by atoms with Crippen LogP contribution >= 0.6 is 0 Å². The second-order valence-corrected chi connectivity index (χ2v) is 11.6. The number of pyridine rings is 1. The first-order chi connectivity index (χ1) is 20.7. The Morgan fingerprint density at radius 3 is 2.77 bits per heavy atom. The van der Waals surface area contributed by atoms with E-state index in [0.29, 0.717) is 49.3 Å². The summed E-state index contributed by atoms with van der Waals surface area (Å²) in [5, 5.41) is 17.6. The number of hydrogen-bond acceptors (Lipinski definition) is 9. The van der Waals surface area contributed by atoms with E-state index in [2.05, 4.69) is 32.7 Å². The first-order valence-electron chi connectivity index (χ1n) is 14.6. The number of hydrogen-bond donors (Lipinski definition) is 2. The first kappa shape index (κ1) is 29.6. The number of ether oxygens (including phenoxy) is 2. The molecule has 0 bridgehead atoms. The zero-order valence-corrected chi connectivity index (χ0v) is 25.1. The Hall–Kier alpha value is -4.91. The Bertz CT molecular complexity index is 1640. The summed E-state index contributed by atoms with van der Waals surface area (Å²) in [5.74, 6) is 1.61. The highest BCUT2D eigenvalue weighted by Crippen LogP contribution is 2.38. The van der Waals surface area contributed by atoms with Gasteiger partial charge in [-0.3, -0.25) is 0 Å². The lowest BCUT2D eigenvalue weighted by Crippen LogP contribution is -2.47. The third kappa shape index (κ3) is 7.30. The number of carbonyl (C=O) groups excluding carboxylic acids is 1. The maximum atomic E-state index is 12.6. The summed E-state index contributed by atoms with van der Waals surface area (Å²) in [6, 6.07) is 17.8. The highest BCUT2D eigenvalue weighted by molar-refractivity contribution is 5.98. The molecular formula is C33H37N7O3. The van der Waals surface area contributed by atoms with Gasteiger partial charge in [-0.2, -0.15) is 5.26 Å². The second-order valence-electron chi connectivity index (χ2n) is 11.6. The van der Waals surface area contributed by atoms with E-state index in [0.717, 1.165) is 40.4 Å². The number of aryl methyl sites for hydroxylation is 1. The van der Waals surface area contributed by atoms with Crippen molar-refractivity contribution in [2.75, 3.05) is 30.3 Å². The largest absolute Gasteiger partial charge is 0.444 e. The molecule has 10 nitrogen and oxygen atoms in total. The van der Waals surface area contributed by atoms with Gasteiger partial charge in [0.1, 0.15) is 11.4 Å². The molecular weight excluding hydrogens is 542 g/mol. The molecule has 1 atom stereocenters. The van der Waals surface area contributed by atoms with Crippen LogP contribution in [0.3, 0.4) is 0 Å². The Labute approximate surface area is 252 Å². The van der Waals surface area contributed by atoms with Crippen LogP contribution in [-0.2, 0) is 4.74 Å². The zero-order valence-electron chi connectivity index (χ0n) is 25.1. The molecule has 5 rings (SSSR count). The summed E-state index contributed by atoms with van der Waals surface area (Å²) in [5.41, 5.74) is 2.76. The predicted molar refractivity (Wildman–Crippen MR) is 167 cm³/mol. The van der Waals surface area contributed by atoms with E-state index in [1.54, 1.807) is 17.3 Å². The van der Waals surface area contributed by atoms with E-state index in [1.165, 1.54) is 0 Å². The highest BCUT2D eigenvalue weighted by Gasteiger charge is 2.28. The minimum absolute atomic E-state index is 0.00423. The fraction of sp³-hybridized carbons (Fsp3) is 0.364. The number of likely N-dealkylation sites (tertiary alicyclic amines) is 1. The fourth-order valence-corrected chi connectivity index (χ4v) is 5.09. The van der Waals surface area contributed by atoms with E-state index >= 15 is 0 Å². The third-order valence-electron chi connectivity index (χ3n) is 7.07. The molecule has 0 aliphatic carbocycles. The second kappa shape index (κ2) is 12.9.